The molecule has 1 heteroatoms. The molecule has 2 fully saturated rings. The smallest absolute Gasteiger partial charge is 0.0944 e. The molecule has 0 aromatic carbocycles. The molecular weight excluding hydrogens is 148 g/mol. The molecule has 0 amide bonds. The highest BCUT2D eigenvalue weighted by molar-refractivity contribution is 5.01. The molecule has 2 aliphatic rings. The SMILES string of the molecule is C#CCCC1CCCCC12CO2. The molecule has 0 bridgehead atoms. The largest absolute Gasteiger partial charge is 0.369 e. The Morgan fingerprint density at radius 1 is 1.50 bits per heavy atom. The Kier molecular flexibility index (Phi) is 2.11. The fourth-order valence-corrected chi connectivity index (χ4v) is 2.42. The summed E-state index contributed by atoms with van der Waals surface area (Å²) in [6.45, 7) is 1.00. The Morgan fingerprint density at radius 2 is 2.33 bits per heavy atom. The molecule has 12 heavy (non-hydrogen) atoms. The number of terminal acetylenes is 1. The summed E-state index contributed by atoms with van der Waals surface area (Å²) in [6, 6.07) is 0. The van der Waals surface area contributed by atoms with Gasteiger partial charge in [0.1, 0.15) is 0 Å². The van der Waals surface area contributed by atoms with Gasteiger partial charge in [0.25, 0.3) is 0 Å². The first-order valence-corrected chi connectivity index (χ1v) is 4.95. The Labute approximate surface area is 74.5 Å². The number of hydrogen-bond donors (Lipinski definition) is 0. The predicted molar refractivity (Wildman–Crippen MR) is 48.7 cm³/mol. The highest BCUT2D eigenvalue weighted by atomic mass is 16.6. The molecule has 1 saturated carbocycles. The van der Waals surface area contributed by atoms with E-state index in [1.807, 2.05) is 0 Å². The summed E-state index contributed by atoms with van der Waals surface area (Å²) in [7, 11) is 0. The maximum atomic E-state index is 5.58. The van der Waals surface area contributed by atoms with Gasteiger partial charge < -0.3 is 4.74 Å². The van der Waals surface area contributed by atoms with Crippen molar-refractivity contribution in [1.29, 1.82) is 0 Å². The minimum Gasteiger partial charge on any atom is -0.369 e. The van der Waals surface area contributed by atoms with Crippen LogP contribution in [0.15, 0.2) is 0 Å². The lowest BCUT2D eigenvalue weighted by atomic mass is 9.77. The molecule has 1 heterocycles. The van der Waals surface area contributed by atoms with Crippen LogP contribution in [-0.4, -0.2) is 12.2 Å². The van der Waals surface area contributed by atoms with Gasteiger partial charge in [0.05, 0.1) is 12.2 Å². The zero-order valence-corrected chi connectivity index (χ0v) is 7.51. The first-order chi connectivity index (χ1) is 5.87. The van der Waals surface area contributed by atoms with Gasteiger partial charge in [-0.2, -0.15) is 0 Å². The summed E-state index contributed by atoms with van der Waals surface area (Å²) >= 11 is 0. The number of ether oxygens (including phenoxy) is 1. The van der Waals surface area contributed by atoms with Crippen molar-refractivity contribution < 1.29 is 4.74 Å². The minimum absolute atomic E-state index is 0.301. The van der Waals surface area contributed by atoms with Crippen molar-refractivity contribution in [3.63, 3.8) is 0 Å². The van der Waals surface area contributed by atoms with E-state index in [0.29, 0.717) is 5.60 Å². The maximum absolute atomic E-state index is 5.58. The zero-order chi connectivity index (χ0) is 8.44. The minimum atomic E-state index is 0.301. The molecule has 2 unspecified atom stereocenters. The fraction of sp³-hybridized carbons (Fsp3) is 0.818. The molecular formula is C11H16O. The van der Waals surface area contributed by atoms with Crippen molar-refractivity contribution in [2.45, 2.75) is 44.1 Å². The Balaban J connectivity index is 1.89. The predicted octanol–water partition coefficient (Wildman–Crippen LogP) is 2.36. The second-order valence-electron chi connectivity index (χ2n) is 4.04. The van der Waals surface area contributed by atoms with Crippen LogP contribution >= 0.6 is 0 Å². The average Bonchev–Trinajstić information content (AvgIpc) is 2.85. The molecule has 0 radical (unpaired) electrons. The van der Waals surface area contributed by atoms with Gasteiger partial charge in [-0.3, -0.25) is 0 Å². The molecule has 1 nitrogen and oxygen atoms in total. The topological polar surface area (TPSA) is 12.5 Å². The number of rotatable bonds is 2. The van der Waals surface area contributed by atoms with Crippen molar-refractivity contribution in [2.24, 2.45) is 5.92 Å². The third kappa shape index (κ3) is 1.36. The molecule has 1 aliphatic heterocycles. The molecule has 2 rings (SSSR count). The van der Waals surface area contributed by atoms with Gasteiger partial charge >= 0.3 is 0 Å². The van der Waals surface area contributed by atoms with Crippen LogP contribution in [0.4, 0.5) is 0 Å². The van der Waals surface area contributed by atoms with Crippen LogP contribution in [0.1, 0.15) is 38.5 Å². The van der Waals surface area contributed by atoms with Crippen molar-refractivity contribution in [3.8, 4) is 12.3 Å². The van der Waals surface area contributed by atoms with Crippen LogP contribution in [0.5, 0.6) is 0 Å². The molecule has 0 N–H and O–H groups in total. The Bertz CT molecular complexity index is 198. The van der Waals surface area contributed by atoms with Gasteiger partial charge in [-0.05, 0) is 25.2 Å². The molecule has 1 aliphatic carbocycles. The van der Waals surface area contributed by atoms with E-state index in [1.165, 1.54) is 32.1 Å². The number of epoxide rings is 1. The van der Waals surface area contributed by atoms with Crippen LogP contribution in [0.2, 0.25) is 0 Å². The summed E-state index contributed by atoms with van der Waals surface area (Å²) in [5, 5.41) is 0. The molecule has 66 valence electrons. The Hall–Kier alpha value is -0.480. The highest BCUT2D eigenvalue weighted by Crippen LogP contribution is 2.47. The first-order valence-electron chi connectivity index (χ1n) is 4.95. The molecule has 2 atom stereocenters. The lowest BCUT2D eigenvalue weighted by molar-refractivity contribution is 0.152. The summed E-state index contributed by atoms with van der Waals surface area (Å²) < 4.78 is 5.58. The molecule has 1 spiro atoms. The average molecular weight is 164 g/mol. The molecule has 1 saturated heterocycles. The van der Waals surface area contributed by atoms with E-state index in [-0.39, 0.29) is 0 Å². The van der Waals surface area contributed by atoms with Gasteiger partial charge in [0.15, 0.2) is 0 Å². The van der Waals surface area contributed by atoms with Crippen molar-refractivity contribution in [2.75, 3.05) is 6.61 Å². The molecule has 0 aromatic heterocycles. The van der Waals surface area contributed by atoms with E-state index in [9.17, 15) is 0 Å². The van der Waals surface area contributed by atoms with Gasteiger partial charge in [0, 0.05) is 6.42 Å². The van der Waals surface area contributed by atoms with E-state index < -0.39 is 0 Å². The van der Waals surface area contributed by atoms with Crippen LogP contribution in [0.3, 0.4) is 0 Å². The lowest BCUT2D eigenvalue weighted by Crippen LogP contribution is -2.28. The van der Waals surface area contributed by atoms with Gasteiger partial charge in [0.2, 0.25) is 0 Å². The highest BCUT2D eigenvalue weighted by Gasteiger charge is 2.51. The van der Waals surface area contributed by atoms with Crippen LogP contribution in [0, 0.1) is 18.3 Å². The van der Waals surface area contributed by atoms with Gasteiger partial charge in [-0.15, -0.1) is 12.3 Å². The summed E-state index contributed by atoms with van der Waals surface area (Å²) in [6.07, 6.45) is 12.7. The van der Waals surface area contributed by atoms with E-state index in [4.69, 9.17) is 11.2 Å². The zero-order valence-electron chi connectivity index (χ0n) is 7.51. The van der Waals surface area contributed by atoms with Crippen LogP contribution < -0.4 is 0 Å². The van der Waals surface area contributed by atoms with E-state index in [0.717, 1.165) is 18.9 Å². The standard InChI is InChI=1S/C11H16O/c1-2-3-6-10-7-4-5-8-11(10)9-12-11/h1,10H,3-9H2. The summed E-state index contributed by atoms with van der Waals surface area (Å²) in [5.74, 6) is 3.49. The van der Waals surface area contributed by atoms with Crippen molar-refractivity contribution in [1.82, 2.24) is 0 Å². The second-order valence-corrected chi connectivity index (χ2v) is 4.04. The summed E-state index contributed by atoms with van der Waals surface area (Å²) in [5.41, 5.74) is 0.301. The van der Waals surface area contributed by atoms with Gasteiger partial charge in [-0.1, -0.05) is 12.8 Å². The maximum Gasteiger partial charge on any atom is 0.0944 e. The Morgan fingerprint density at radius 3 is 3.00 bits per heavy atom. The van der Waals surface area contributed by atoms with E-state index in [2.05, 4.69) is 5.92 Å². The van der Waals surface area contributed by atoms with E-state index >= 15 is 0 Å². The summed E-state index contributed by atoms with van der Waals surface area (Å²) in [4.78, 5) is 0. The third-order valence-corrected chi connectivity index (χ3v) is 3.30. The third-order valence-electron chi connectivity index (χ3n) is 3.30. The van der Waals surface area contributed by atoms with Crippen LogP contribution in [-0.2, 0) is 4.74 Å². The van der Waals surface area contributed by atoms with Gasteiger partial charge in [-0.25, -0.2) is 0 Å². The van der Waals surface area contributed by atoms with Crippen LogP contribution in [0.25, 0.3) is 0 Å². The second kappa shape index (κ2) is 3.11. The normalized spacial score (nSPS) is 39.4. The van der Waals surface area contributed by atoms with E-state index in [1.54, 1.807) is 0 Å². The fourth-order valence-electron chi connectivity index (χ4n) is 2.42. The quantitative estimate of drug-likeness (QED) is 0.451. The first kappa shape index (κ1) is 8.13. The monoisotopic (exact) mass is 164 g/mol. The van der Waals surface area contributed by atoms with Crippen molar-refractivity contribution in [3.05, 3.63) is 0 Å². The number of hydrogen-bond acceptors (Lipinski definition) is 1. The van der Waals surface area contributed by atoms with Crippen molar-refractivity contribution >= 4 is 0 Å². The molecule has 0 aromatic rings. The lowest BCUT2D eigenvalue weighted by Gasteiger charge is -2.28.